The third-order valence-corrected chi connectivity index (χ3v) is 4.35. The number of benzene rings is 1. The monoisotopic (exact) mass is 319 g/mol. The molecule has 118 valence electrons. The lowest BCUT2D eigenvalue weighted by atomic mass is 10.2. The number of rotatable bonds is 5. The molecule has 0 spiro atoms. The summed E-state index contributed by atoms with van der Waals surface area (Å²) >= 11 is 0. The summed E-state index contributed by atoms with van der Waals surface area (Å²) in [6.45, 7) is 4.51. The molecule has 2 rings (SSSR count). The Labute approximate surface area is 133 Å². The highest BCUT2D eigenvalue weighted by Gasteiger charge is 2.13. The summed E-state index contributed by atoms with van der Waals surface area (Å²) in [5.74, 6) is 2.14. The zero-order chi connectivity index (χ0) is 16.3. The summed E-state index contributed by atoms with van der Waals surface area (Å²) in [7, 11) is 2.65. The van der Waals surface area contributed by atoms with Crippen LogP contribution < -0.4 is 9.64 Å². The van der Waals surface area contributed by atoms with Crippen LogP contribution in [0.4, 0.5) is 5.82 Å². The van der Waals surface area contributed by atoms with Crippen LogP contribution in [0, 0.1) is 13.8 Å². The van der Waals surface area contributed by atoms with Crippen LogP contribution in [-0.4, -0.2) is 34.6 Å². The molecule has 0 amide bonds. The second kappa shape index (κ2) is 6.87. The van der Waals surface area contributed by atoms with Crippen molar-refractivity contribution in [3.63, 3.8) is 0 Å². The molecule has 0 saturated carbocycles. The summed E-state index contributed by atoms with van der Waals surface area (Å²) in [4.78, 5) is 11.7. The van der Waals surface area contributed by atoms with Gasteiger partial charge >= 0.3 is 0 Å². The van der Waals surface area contributed by atoms with Gasteiger partial charge in [0.15, 0.2) is 0 Å². The van der Waals surface area contributed by atoms with Gasteiger partial charge in [-0.05, 0) is 31.5 Å². The average Bonchev–Trinajstić information content (AvgIpc) is 2.49. The number of nitrogens with zero attached hydrogens (tertiary/aromatic N) is 3. The Morgan fingerprint density at radius 3 is 2.36 bits per heavy atom. The van der Waals surface area contributed by atoms with E-state index in [1.165, 1.54) is 0 Å². The molecule has 0 fully saturated rings. The van der Waals surface area contributed by atoms with Gasteiger partial charge in [0.05, 0.1) is 12.7 Å². The van der Waals surface area contributed by atoms with Crippen LogP contribution in [0.3, 0.4) is 0 Å². The molecule has 0 aliphatic heterocycles. The number of aromatic nitrogens is 2. The molecule has 2 aromatic rings. The first kappa shape index (κ1) is 16.4. The smallest absolute Gasteiger partial charge is 0.221 e. The third-order valence-electron chi connectivity index (χ3n) is 3.42. The van der Waals surface area contributed by atoms with Gasteiger partial charge in [0, 0.05) is 35.5 Å². The topological polar surface area (TPSA) is 55.3 Å². The molecule has 1 aromatic carbocycles. The average molecular weight is 319 g/mol. The van der Waals surface area contributed by atoms with Crippen LogP contribution in [-0.2, 0) is 17.3 Å². The highest BCUT2D eigenvalue weighted by Crippen LogP contribution is 2.25. The van der Waals surface area contributed by atoms with Crippen LogP contribution >= 0.6 is 0 Å². The second-order valence-electron chi connectivity index (χ2n) is 5.18. The summed E-state index contributed by atoms with van der Waals surface area (Å²) in [6.07, 6.45) is 1.68. The number of hydrogen-bond acceptors (Lipinski definition) is 5. The van der Waals surface area contributed by atoms with Crippen LogP contribution in [0.1, 0.15) is 17.0 Å². The summed E-state index contributed by atoms with van der Waals surface area (Å²) in [5, 5.41) is 0. The lowest BCUT2D eigenvalue weighted by molar-refractivity contribution is 0.392. The highest BCUT2D eigenvalue weighted by molar-refractivity contribution is 7.84. The van der Waals surface area contributed by atoms with E-state index in [0.717, 1.165) is 21.8 Å². The van der Waals surface area contributed by atoms with Crippen molar-refractivity contribution in [2.24, 2.45) is 0 Å². The first-order valence-corrected chi connectivity index (χ1v) is 8.51. The summed E-state index contributed by atoms with van der Waals surface area (Å²) in [6, 6.07) is 7.79. The van der Waals surface area contributed by atoms with Gasteiger partial charge < -0.3 is 9.64 Å². The van der Waals surface area contributed by atoms with Crippen molar-refractivity contribution in [3.8, 4) is 5.88 Å². The Bertz CT molecular complexity index is 687. The van der Waals surface area contributed by atoms with Crippen molar-refractivity contribution >= 4 is 16.6 Å². The fourth-order valence-corrected chi connectivity index (χ4v) is 2.81. The molecule has 0 N–H and O–H groups in total. The van der Waals surface area contributed by atoms with E-state index in [4.69, 9.17) is 4.74 Å². The summed E-state index contributed by atoms with van der Waals surface area (Å²) < 4.78 is 16.7. The van der Waals surface area contributed by atoms with E-state index in [-0.39, 0.29) is 0 Å². The van der Waals surface area contributed by atoms with Gasteiger partial charge in [-0.1, -0.05) is 12.1 Å². The van der Waals surface area contributed by atoms with E-state index in [0.29, 0.717) is 18.2 Å². The molecule has 22 heavy (non-hydrogen) atoms. The van der Waals surface area contributed by atoms with Gasteiger partial charge in [-0.15, -0.1) is 0 Å². The first-order valence-electron chi connectivity index (χ1n) is 6.95. The molecule has 0 radical (unpaired) electrons. The van der Waals surface area contributed by atoms with Crippen LogP contribution in [0.2, 0.25) is 0 Å². The Morgan fingerprint density at radius 1 is 1.18 bits per heavy atom. The second-order valence-corrected chi connectivity index (χ2v) is 6.56. The molecule has 0 bridgehead atoms. The third kappa shape index (κ3) is 3.62. The number of hydrogen-bond donors (Lipinski definition) is 0. The van der Waals surface area contributed by atoms with Crippen molar-refractivity contribution in [1.29, 1.82) is 0 Å². The van der Waals surface area contributed by atoms with Gasteiger partial charge in [0.25, 0.3) is 0 Å². The largest absolute Gasteiger partial charge is 0.481 e. The van der Waals surface area contributed by atoms with Crippen LogP contribution in [0.5, 0.6) is 5.88 Å². The van der Waals surface area contributed by atoms with E-state index < -0.39 is 10.8 Å². The maximum absolute atomic E-state index is 11.4. The molecule has 1 atom stereocenters. The molecule has 0 aliphatic carbocycles. The zero-order valence-corrected chi connectivity index (χ0v) is 14.4. The summed E-state index contributed by atoms with van der Waals surface area (Å²) in [5.41, 5.74) is 2.05. The quantitative estimate of drug-likeness (QED) is 0.847. The molecule has 5 nitrogen and oxygen atoms in total. The van der Waals surface area contributed by atoms with Crippen molar-refractivity contribution in [2.45, 2.75) is 25.3 Å². The van der Waals surface area contributed by atoms with Gasteiger partial charge in [-0.25, -0.2) is 4.98 Å². The minimum atomic E-state index is -0.948. The molecular formula is C16H21N3O2S. The Morgan fingerprint density at radius 2 is 1.82 bits per heavy atom. The molecule has 0 saturated heterocycles. The van der Waals surface area contributed by atoms with Crippen LogP contribution in [0.15, 0.2) is 29.2 Å². The standard InChI is InChI=1S/C16H21N3O2S/c1-11-15(17-12(2)18-16(11)21-4)19(3)10-13-6-8-14(9-7-13)22(5)20/h6-9H,10H2,1-5H3. The molecule has 6 heteroatoms. The van der Waals surface area contributed by atoms with Crippen molar-refractivity contribution < 1.29 is 8.95 Å². The molecule has 1 heterocycles. The van der Waals surface area contributed by atoms with Gasteiger partial charge in [-0.3, -0.25) is 4.21 Å². The Balaban J connectivity index is 2.23. The Hall–Kier alpha value is -1.95. The predicted octanol–water partition coefficient (Wildman–Crippen LogP) is 2.48. The minimum absolute atomic E-state index is 0.603. The van der Waals surface area contributed by atoms with Gasteiger partial charge in [0.1, 0.15) is 11.6 Å². The number of ether oxygens (including phenoxy) is 1. The lowest BCUT2D eigenvalue weighted by Gasteiger charge is -2.21. The van der Waals surface area contributed by atoms with E-state index in [1.807, 2.05) is 45.2 Å². The lowest BCUT2D eigenvalue weighted by Crippen LogP contribution is -2.20. The SMILES string of the molecule is COc1nc(C)nc(N(C)Cc2ccc(S(C)=O)cc2)c1C. The van der Waals surface area contributed by atoms with E-state index in [2.05, 4.69) is 14.9 Å². The highest BCUT2D eigenvalue weighted by atomic mass is 32.2. The fourth-order valence-electron chi connectivity index (χ4n) is 2.29. The van der Waals surface area contributed by atoms with Gasteiger partial charge in [-0.2, -0.15) is 4.98 Å². The van der Waals surface area contributed by atoms with Crippen molar-refractivity contribution in [1.82, 2.24) is 9.97 Å². The molecular weight excluding hydrogens is 298 g/mol. The first-order chi connectivity index (χ1) is 10.4. The normalized spacial score (nSPS) is 12.0. The molecule has 1 aromatic heterocycles. The predicted molar refractivity (Wildman–Crippen MR) is 88.9 cm³/mol. The van der Waals surface area contributed by atoms with E-state index in [9.17, 15) is 4.21 Å². The Kier molecular flexibility index (Phi) is 5.13. The van der Waals surface area contributed by atoms with Crippen LogP contribution in [0.25, 0.3) is 0 Å². The molecule has 0 aliphatic rings. The van der Waals surface area contributed by atoms with E-state index in [1.54, 1.807) is 13.4 Å². The maximum Gasteiger partial charge on any atom is 0.221 e. The molecule has 1 unspecified atom stereocenters. The zero-order valence-electron chi connectivity index (χ0n) is 13.6. The fraction of sp³-hybridized carbons (Fsp3) is 0.375. The van der Waals surface area contributed by atoms with Crippen molar-refractivity contribution in [2.75, 3.05) is 25.3 Å². The number of anilines is 1. The van der Waals surface area contributed by atoms with Gasteiger partial charge in [0.2, 0.25) is 5.88 Å². The number of aryl methyl sites for hydroxylation is 1. The maximum atomic E-state index is 11.4. The minimum Gasteiger partial charge on any atom is -0.481 e. The number of methoxy groups -OCH3 is 1. The van der Waals surface area contributed by atoms with Crippen molar-refractivity contribution in [3.05, 3.63) is 41.2 Å². The van der Waals surface area contributed by atoms with E-state index >= 15 is 0 Å².